The molecule has 1 aliphatic heterocycles. The lowest BCUT2D eigenvalue weighted by molar-refractivity contribution is -0.228. The van der Waals surface area contributed by atoms with Crippen LogP contribution < -0.4 is 0 Å². The number of rotatable bonds is 4. The predicted molar refractivity (Wildman–Crippen MR) is 108 cm³/mol. The van der Waals surface area contributed by atoms with Crippen LogP contribution in [0.3, 0.4) is 0 Å². The number of methoxy groups -OCH3 is 1. The van der Waals surface area contributed by atoms with Gasteiger partial charge in [0, 0.05) is 18.4 Å². The Morgan fingerprint density at radius 3 is 2.53 bits per heavy atom. The molecule has 1 saturated heterocycles. The number of carbonyl (C=O) groups excluding carboxylic acids is 3. The summed E-state index contributed by atoms with van der Waals surface area (Å²) in [5.74, 6) is -1.68. The second-order valence-electron chi connectivity index (χ2n) is 9.01. The van der Waals surface area contributed by atoms with Gasteiger partial charge < -0.3 is 19.3 Å². The van der Waals surface area contributed by atoms with E-state index in [0.717, 1.165) is 0 Å². The molecule has 5 atom stereocenters. The van der Waals surface area contributed by atoms with Crippen LogP contribution in [-0.2, 0) is 28.6 Å². The van der Waals surface area contributed by atoms with E-state index >= 15 is 0 Å². The van der Waals surface area contributed by atoms with Crippen molar-refractivity contribution in [2.24, 2.45) is 11.3 Å². The number of aliphatic hydroxyl groups is 1. The summed E-state index contributed by atoms with van der Waals surface area (Å²) < 4.78 is 16.6. The molecule has 0 aromatic heterocycles. The Bertz CT molecular complexity index is 852. The SMILES string of the molecule is COC(=O)C(C)=CC=CC1(C)OC(=O)C23C=CC(C)(O)CCC2(OC(C)=O)C1CC3. The summed E-state index contributed by atoms with van der Waals surface area (Å²) in [5.41, 5.74) is -3.96. The molecule has 0 radical (unpaired) electrons. The van der Waals surface area contributed by atoms with Gasteiger partial charge >= 0.3 is 17.9 Å². The predicted octanol–water partition coefficient (Wildman–Crippen LogP) is 2.78. The standard InChI is InChI=1S/C23H30O7/c1-15(18(25)28-5)7-6-9-21(4)17-8-10-22(19(26)30-21)13-11-20(3,27)12-14-23(17,22)29-16(2)24/h6-7,9,11,13,17,27H,8,10,12,14H2,1-5H3. The first-order valence-electron chi connectivity index (χ1n) is 10.2. The maximum absolute atomic E-state index is 13.4. The number of ether oxygens (including phenoxy) is 3. The van der Waals surface area contributed by atoms with Crippen molar-refractivity contribution in [1.29, 1.82) is 0 Å². The van der Waals surface area contributed by atoms with Crippen LogP contribution in [0.1, 0.15) is 53.4 Å². The summed E-state index contributed by atoms with van der Waals surface area (Å²) in [6.45, 7) is 6.44. The quantitative estimate of drug-likeness (QED) is 0.246. The van der Waals surface area contributed by atoms with Gasteiger partial charge in [-0.3, -0.25) is 9.59 Å². The van der Waals surface area contributed by atoms with Crippen molar-refractivity contribution < 1.29 is 33.7 Å². The third kappa shape index (κ3) is 3.39. The van der Waals surface area contributed by atoms with Crippen molar-refractivity contribution in [2.45, 2.75) is 70.2 Å². The molecule has 1 saturated carbocycles. The smallest absolute Gasteiger partial charge is 0.333 e. The Morgan fingerprint density at radius 2 is 1.90 bits per heavy atom. The number of hydrogen-bond donors (Lipinski definition) is 1. The Kier molecular flexibility index (Phi) is 5.48. The molecule has 0 spiro atoms. The van der Waals surface area contributed by atoms with E-state index in [-0.39, 0.29) is 5.92 Å². The summed E-state index contributed by atoms with van der Waals surface area (Å²) in [6.07, 6.45) is 10.1. The first-order chi connectivity index (χ1) is 13.9. The minimum atomic E-state index is -1.12. The Labute approximate surface area is 176 Å². The summed E-state index contributed by atoms with van der Waals surface area (Å²) in [7, 11) is 1.31. The molecule has 2 aliphatic carbocycles. The number of carbonyl (C=O) groups is 3. The zero-order chi connectivity index (χ0) is 22.4. The number of allylic oxidation sites excluding steroid dienone is 2. The Hall–Kier alpha value is -2.41. The van der Waals surface area contributed by atoms with Crippen molar-refractivity contribution >= 4 is 17.9 Å². The van der Waals surface area contributed by atoms with Gasteiger partial charge in [-0.25, -0.2) is 4.79 Å². The van der Waals surface area contributed by atoms with E-state index in [0.29, 0.717) is 31.3 Å². The van der Waals surface area contributed by atoms with E-state index in [1.165, 1.54) is 14.0 Å². The van der Waals surface area contributed by atoms with Crippen LogP contribution in [0.15, 0.2) is 36.0 Å². The van der Waals surface area contributed by atoms with Gasteiger partial charge in [0.2, 0.25) is 0 Å². The molecule has 2 bridgehead atoms. The summed E-state index contributed by atoms with van der Waals surface area (Å²) >= 11 is 0. The van der Waals surface area contributed by atoms with Gasteiger partial charge in [0.25, 0.3) is 0 Å². The van der Waals surface area contributed by atoms with Crippen LogP contribution in [0.5, 0.6) is 0 Å². The molecule has 30 heavy (non-hydrogen) atoms. The second-order valence-corrected chi connectivity index (χ2v) is 9.01. The van der Waals surface area contributed by atoms with Gasteiger partial charge in [-0.05, 0) is 52.5 Å². The van der Waals surface area contributed by atoms with Crippen LogP contribution in [0, 0.1) is 11.3 Å². The normalized spacial score (nSPS) is 40.5. The fourth-order valence-electron chi connectivity index (χ4n) is 5.28. The molecule has 5 unspecified atom stereocenters. The minimum Gasteiger partial charge on any atom is -0.466 e. The van der Waals surface area contributed by atoms with Crippen molar-refractivity contribution in [1.82, 2.24) is 0 Å². The van der Waals surface area contributed by atoms with Gasteiger partial charge in [0.05, 0.1) is 12.7 Å². The fourth-order valence-corrected chi connectivity index (χ4v) is 5.28. The van der Waals surface area contributed by atoms with E-state index in [1.807, 2.05) is 0 Å². The highest BCUT2D eigenvalue weighted by atomic mass is 16.6. The second kappa shape index (κ2) is 7.38. The van der Waals surface area contributed by atoms with Gasteiger partial charge in [-0.1, -0.05) is 24.3 Å². The molecular formula is C23H30O7. The highest BCUT2D eigenvalue weighted by Crippen LogP contribution is 2.64. The number of cyclic esters (lactones) is 1. The van der Waals surface area contributed by atoms with Crippen molar-refractivity contribution in [3.05, 3.63) is 36.0 Å². The molecular weight excluding hydrogens is 388 g/mol. The maximum atomic E-state index is 13.4. The molecule has 0 amide bonds. The third-order valence-corrected chi connectivity index (χ3v) is 6.85. The van der Waals surface area contributed by atoms with Crippen LogP contribution in [0.25, 0.3) is 0 Å². The van der Waals surface area contributed by atoms with Crippen LogP contribution in [0.2, 0.25) is 0 Å². The zero-order valence-corrected chi connectivity index (χ0v) is 18.2. The highest BCUT2D eigenvalue weighted by molar-refractivity contribution is 5.88. The van der Waals surface area contributed by atoms with Gasteiger partial charge in [-0.2, -0.15) is 0 Å². The summed E-state index contributed by atoms with van der Waals surface area (Å²) in [4.78, 5) is 37.1. The Balaban J connectivity index is 2.07. The fraction of sp³-hybridized carbons (Fsp3) is 0.609. The van der Waals surface area contributed by atoms with Gasteiger partial charge in [0.15, 0.2) is 0 Å². The minimum absolute atomic E-state index is 0.298. The van der Waals surface area contributed by atoms with E-state index in [1.54, 1.807) is 51.2 Å². The van der Waals surface area contributed by atoms with E-state index in [2.05, 4.69) is 0 Å². The number of esters is 3. The summed E-state index contributed by atoms with van der Waals surface area (Å²) in [6, 6.07) is 0. The first-order valence-corrected chi connectivity index (χ1v) is 10.2. The van der Waals surface area contributed by atoms with Gasteiger partial charge in [-0.15, -0.1) is 0 Å². The van der Waals surface area contributed by atoms with Crippen molar-refractivity contribution in [2.75, 3.05) is 7.11 Å². The molecule has 7 nitrogen and oxygen atoms in total. The molecule has 3 aliphatic rings. The van der Waals surface area contributed by atoms with Crippen LogP contribution in [-0.4, -0.2) is 46.9 Å². The average molecular weight is 418 g/mol. The van der Waals surface area contributed by atoms with E-state index in [4.69, 9.17) is 14.2 Å². The topological polar surface area (TPSA) is 99.1 Å². The van der Waals surface area contributed by atoms with E-state index < -0.39 is 40.1 Å². The molecule has 3 rings (SSSR count). The largest absolute Gasteiger partial charge is 0.466 e. The van der Waals surface area contributed by atoms with Gasteiger partial charge in [0.1, 0.15) is 16.6 Å². The van der Waals surface area contributed by atoms with Crippen LogP contribution >= 0.6 is 0 Å². The molecule has 164 valence electrons. The lowest BCUT2D eigenvalue weighted by Gasteiger charge is -2.53. The number of hydrogen-bond acceptors (Lipinski definition) is 7. The van der Waals surface area contributed by atoms with Crippen LogP contribution in [0.4, 0.5) is 0 Å². The zero-order valence-electron chi connectivity index (χ0n) is 18.2. The lowest BCUT2D eigenvalue weighted by atomic mass is 9.63. The summed E-state index contributed by atoms with van der Waals surface area (Å²) in [5, 5.41) is 10.6. The highest BCUT2D eigenvalue weighted by Gasteiger charge is 2.74. The average Bonchev–Trinajstić information content (AvgIpc) is 2.86. The molecule has 1 heterocycles. The molecule has 1 N–H and O–H groups in total. The lowest BCUT2D eigenvalue weighted by Crippen LogP contribution is -2.65. The first kappa shape index (κ1) is 22.3. The van der Waals surface area contributed by atoms with E-state index in [9.17, 15) is 19.5 Å². The van der Waals surface area contributed by atoms with Crippen molar-refractivity contribution in [3.8, 4) is 0 Å². The Morgan fingerprint density at radius 1 is 1.20 bits per heavy atom. The third-order valence-electron chi connectivity index (χ3n) is 6.85. The monoisotopic (exact) mass is 418 g/mol. The molecule has 2 fully saturated rings. The van der Waals surface area contributed by atoms with Crippen molar-refractivity contribution in [3.63, 3.8) is 0 Å². The maximum Gasteiger partial charge on any atom is 0.333 e. The molecule has 0 aromatic rings. The molecule has 7 heteroatoms. The molecule has 0 aromatic carbocycles.